The highest BCUT2D eigenvalue weighted by Gasteiger charge is 2.31. The van der Waals surface area contributed by atoms with Gasteiger partial charge in [-0.05, 0) is 69.0 Å². The van der Waals surface area contributed by atoms with Gasteiger partial charge in [0.2, 0.25) is 0 Å². The van der Waals surface area contributed by atoms with Crippen LogP contribution in [0.4, 0.5) is 18.9 Å². The van der Waals surface area contributed by atoms with Crippen LogP contribution in [0.3, 0.4) is 0 Å². The van der Waals surface area contributed by atoms with Crippen molar-refractivity contribution in [1.82, 2.24) is 24.9 Å². The molecular weight excluding hydrogens is 485 g/mol. The molecule has 2 aromatic carbocycles. The molecule has 0 spiro atoms. The second kappa shape index (κ2) is 10.8. The number of aryl methyl sites for hydroxylation is 1. The number of ether oxygens (including phenoxy) is 1. The summed E-state index contributed by atoms with van der Waals surface area (Å²) in [6, 6.07) is 11.6. The predicted octanol–water partition coefficient (Wildman–Crippen LogP) is 4.85. The summed E-state index contributed by atoms with van der Waals surface area (Å²) >= 11 is 0. The Kier molecular flexibility index (Phi) is 7.53. The molecule has 0 fully saturated rings. The number of carbonyl (C=O) groups excluding carboxylic acids is 1. The number of nitrogens with one attached hydrogen (secondary N) is 1. The van der Waals surface area contributed by atoms with Crippen LogP contribution in [0.5, 0.6) is 5.75 Å². The summed E-state index contributed by atoms with van der Waals surface area (Å²) in [6.45, 7) is 2.64. The number of alkyl halides is 3. The highest BCUT2D eigenvalue weighted by molar-refractivity contribution is 6.05. The molecule has 11 heteroatoms. The maximum absolute atomic E-state index is 13.3. The van der Waals surface area contributed by atoms with Crippen LogP contribution in [0, 0.1) is 6.92 Å². The molecule has 2 aromatic heterocycles. The maximum atomic E-state index is 13.3. The van der Waals surface area contributed by atoms with Gasteiger partial charge in [-0.1, -0.05) is 11.3 Å². The van der Waals surface area contributed by atoms with Crippen molar-refractivity contribution in [1.29, 1.82) is 0 Å². The molecule has 0 aliphatic carbocycles. The van der Waals surface area contributed by atoms with Gasteiger partial charge in [-0.3, -0.25) is 9.78 Å². The summed E-state index contributed by atoms with van der Waals surface area (Å²) < 4.78 is 47.2. The van der Waals surface area contributed by atoms with Gasteiger partial charge < -0.3 is 15.0 Å². The molecule has 1 amide bonds. The Hall–Kier alpha value is -4.25. The van der Waals surface area contributed by atoms with Crippen molar-refractivity contribution in [3.8, 4) is 22.7 Å². The third kappa shape index (κ3) is 6.31. The van der Waals surface area contributed by atoms with E-state index < -0.39 is 17.6 Å². The fourth-order valence-corrected chi connectivity index (χ4v) is 3.49. The van der Waals surface area contributed by atoms with E-state index in [1.165, 1.54) is 10.7 Å². The van der Waals surface area contributed by atoms with Crippen LogP contribution in [0.25, 0.3) is 16.9 Å². The van der Waals surface area contributed by atoms with E-state index in [1.807, 2.05) is 32.0 Å². The monoisotopic (exact) mass is 510 g/mol. The zero-order valence-electron chi connectivity index (χ0n) is 20.5. The van der Waals surface area contributed by atoms with Crippen LogP contribution < -0.4 is 10.1 Å². The Labute approximate surface area is 211 Å². The van der Waals surface area contributed by atoms with Crippen molar-refractivity contribution < 1.29 is 22.7 Å². The summed E-state index contributed by atoms with van der Waals surface area (Å²) in [7, 11) is 3.70. The van der Waals surface area contributed by atoms with Crippen molar-refractivity contribution >= 4 is 11.6 Å². The average Bonchev–Trinajstić information content (AvgIpc) is 3.35. The van der Waals surface area contributed by atoms with Gasteiger partial charge in [-0.15, -0.1) is 5.10 Å². The summed E-state index contributed by atoms with van der Waals surface area (Å²) in [4.78, 5) is 19.1. The Balaban J connectivity index is 1.61. The maximum Gasteiger partial charge on any atom is 0.416 e. The number of likely N-dealkylation sites (N-methyl/N-ethyl adjacent to an activating group) is 1. The summed E-state index contributed by atoms with van der Waals surface area (Å²) in [6.07, 6.45) is 0.462. The van der Waals surface area contributed by atoms with Crippen LogP contribution in [0.1, 0.15) is 21.5 Å². The number of hydrogen-bond donors (Lipinski definition) is 1. The first-order valence-electron chi connectivity index (χ1n) is 11.4. The molecule has 37 heavy (non-hydrogen) atoms. The molecule has 0 aliphatic heterocycles. The molecule has 0 aliphatic rings. The molecule has 4 rings (SSSR count). The van der Waals surface area contributed by atoms with Crippen molar-refractivity contribution in [2.24, 2.45) is 0 Å². The predicted molar refractivity (Wildman–Crippen MR) is 133 cm³/mol. The first-order valence-corrected chi connectivity index (χ1v) is 11.4. The molecule has 0 unspecified atom stereocenters. The number of nitrogens with zero attached hydrogens (tertiary/aromatic N) is 5. The van der Waals surface area contributed by atoms with E-state index in [1.54, 1.807) is 42.9 Å². The van der Waals surface area contributed by atoms with Crippen molar-refractivity contribution in [3.63, 3.8) is 0 Å². The van der Waals surface area contributed by atoms with Gasteiger partial charge >= 0.3 is 6.18 Å². The normalized spacial score (nSPS) is 11.5. The van der Waals surface area contributed by atoms with Gasteiger partial charge in [0.25, 0.3) is 5.91 Å². The number of rotatable bonds is 8. The molecule has 192 valence electrons. The zero-order chi connectivity index (χ0) is 26.6. The van der Waals surface area contributed by atoms with Crippen LogP contribution in [0.15, 0.2) is 67.1 Å². The Morgan fingerprint density at radius 3 is 2.65 bits per heavy atom. The Bertz CT molecular complexity index is 1390. The van der Waals surface area contributed by atoms with Crippen molar-refractivity contribution in [2.75, 3.05) is 32.6 Å². The van der Waals surface area contributed by atoms with Gasteiger partial charge in [0.15, 0.2) is 0 Å². The standard InChI is InChI=1S/C26H25F3N6O2/c1-17-6-7-18(13-23(17)35-16-22(32-33-35)19-5-4-10-30-15-19)25(36)31-21-14-20(26(27,28)29)8-9-24(21)37-12-11-34(2)3/h4-10,13-16H,11-12H2,1-3H3,(H,31,36). The molecule has 0 saturated carbocycles. The first kappa shape index (κ1) is 25.8. The number of aromatic nitrogens is 4. The molecule has 0 atom stereocenters. The molecule has 1 N–H and O–H groups in total. The number of anilines is 1. The fourth-order valence-electron chi connectivity index (χ4n) is 3.49. The smallest absolute Gasteiger partial charge is 0.416 e. The van der Waals surface area contributed by atoms with Gasteiger partial charge in [-0.25, -0.2) is 4.68 Å². The highest BCUT2D eigenvalue weighted by atomic mass is 19.4. The second-order valence-corrected chi connectivity index (χ2v) is 8.61. The van der Waals surface area contributed by atoms with E-state index in [4.69, 9.17) is 4.74 Å². The van der Waals surface area contributed by atoms with Crippen LogP contribution >= 0.6 is 0 Å². The minimum atomic E-state index is -4.57. The lowest BCUT2D eigenvalue weighted by molar-refractivity contribution is -0.137. The minimum absolute atomic E-state index is 0.0691. The molecule has 4 aromatic rings. The number of carbonyl (C=O) groups is 1. The summed E-state index contributed by atoms with van der Waals surface area (Å²) in [5, 5.41) is 10.9. The largest absolute Gasteiger partial charge is 0.490 e. The van der Waals surface area contributed by atoms with Gasteiger partial charge in [0.05, 0.1) is 23.1 Å². The van der Waals surface area contributed by atoms with Gasteiger partial charge in [-0.2, -0.15) is 13.2 Å². The topological polar surface area (TPSA) is 85.2 Å². The van der Waals surface area contributed by atoms with E-state index in [2.05, 4.69) is 20.6 Å². The van der Waals surface area contributed by atoms with E-state index in [-0.39, 0.29) is 23.6 Å². The van der Waals surface area contributed by atoms with E-state index in [0.717, 1.165) is 23.3 Å². The summed E-state index contributed by atoms with van der Waals surface area (Å²) in [5.41, 5.74) is 2.08. The van der Waals surface area contributed by atoms with Crippen LogP contribution in [0.2, 0.25) is 0 Å². The van der Waals surface area contributed by atoms with Crippen LogP contribution in [-0.4, -0.2) is 58.0 Å². The molecule has 0 radical (unpaired) electrons. The number of pyridine rings is 1. The second-order valence-electron chi connectivity index (χ2n) is 8.61. The van der Waals surface area contributed by atoms with Crippen LogP contribution in [-0.2, 0) is 6.18 Å². The SMILES string of the molecule is Cc1ccc(C(=O)Nc2cc(C(F)(F)F)ccc2OCCN(C)C)cc1-n1cc(-c2cccnc2)nn1. The van der Waals surface area contributed by atoms with Gasteiger partial charge in [0, 0.05) is 30.1 Å². The first-order chi connectivity index (χ1) is 17.6. The molecule has 2 heterocycles. The quantitative estimate of drug-likeness (QED) is 0.365. The number of hydrogen-bond acceptors (Lipinski definition) is 6. The number of amides is 1. The highest BCUT2D eigenvalue weighted by Crippen LogP contribution is 2.35. The lowest BCUT2D eigenvalue weighted by Gasteiger charge is -2.17. The van der Waals surface area contributed by atoms with Crippen molar-refractivity contribution in [2.45, 2.75) is 13.1 Å². The molecule has 0 bridgehead atoms. The fraction of sp³-hybridized carbons (Fsp3) is 0.231. The molecule has 8 nitrogen and oxygen atoms in total. The van der Waals surface area contributed by atoms with Gasteiger partial charge in [0.1, 0.15) is 18.1 Å². The molecule has 0 saturated heterocycles. The molecular formula is C26H25F3N6O2. The van der Waals surface area contributed by atoms with E-state index in [0.29, 0.717) is 17.9 Å². The third-order valence-electron chi connectivity index (χ3n) is 5.52. The lowest BCUT2D eigenvalue weighted by atomic mass is 10.1. The number of halogens is 3. The Morgan fingerprint density at radius 1 is 1.14 bits per heavy atom. The Morgan fingerprint density at radius 2 is 1.95 bits per heavy atom. The minimum Gasteiger partial charge on any atom is -0.490 e. The average molecular weight is 511 g/mol. The summed E-state index contributed by atoms with van der Waals surface area (Å²) in [5.74, 6) is -0.446. The third-order valence-corrected chi connectivity index (χ3v) is 5.52. The van der Waals surface area contributed by atoms with E-state index in [9.17, 15) is 18.0 Å². The zero-order valence-corrected chi connectivity index (χ0v) is 20.5. The van der Waals surface area contributed by atoms with Crippen molar-refractivity contribution in [3.05, 3.63) is 83.8 Å². The van der Waals surface area contributed by atoms with E-state index >= 15 is 0 Å². The lowest BCUT2D eigenvalue weighted by Crippen LogP contribution is -2.20. The number of benzene rings is 2.